The highest BCUT2D eigenvalue weighted by atomic mass is 16.7. The van der Waals surface area contributed by atoms with Crippen molar-refractivity contribution in [2.45, 2.75) is 50.9 Å². The quantitative estimate of drug-likeness (QED) is 0.389. The fourth-order valence-electron chi connectivity index (χ4n) is 5.59. The van der Waals surface area contributed by atoms with Crippen LogP contribution in [-0.2, 0) is 20.8 Å². The summed E-state index contributed by atoms with van der Waals surface area (Å²) in [4.78, 5) is 15.1. The summed E-state index contributed by atoms with van der Waals surface area (Å²) in [5, 5.41) is 12.5. The Morgan fingerprint density at radius 2 is 1.72 bits per heavy atom. The summed E-state index contributed by atoms with van der Waals surface area (Å²) in [5.41, 5.74) is 4.17. The summed E-state index contributed by atoms with van der Waals surface area (Å²) in [6.07, 6.45) is 1.55. The highest BCUT2D eigenvalue weighted by molar-refractivity contribution is 6.04. The van der Waals surface area contributed by atoms with Crippen molar-refractivity contribution < 1.29 is 24.1 Å². The molecular weight excluding hydrogens is 492 g/mol. The maximum absolute atomic E-state index is 12.6. The number of likely N-dealkylation sites (tertiary alicyclic amines) is 1. The predicted molar refractivity (Wildman–Crippen MR) is 150 cm³/mol. The number of carbonyl (C=O) groups is 1. The van der Waals surface area contributed by atoms with E-state index >= 15 is 0 Å². The Bertz CT molecular complexity index is 1200. The van der Waals surface area contributed by atoms with Crippen LogP contribution in [0.25, 0.3) is 0 Å². The number of hydrogen-bond donors (Lipinski definition) is 2. The summed E-state index contributed by atoms with van der Waals surface area (Å²) in [6.45, 7) is 4.78. The molecule has 0 bridgehead atoms. The molecule has 1 amide bonds. The van der Waals surface area contributed by atoms with Gasteiger partial charge in [-0.15, -0.1) is 0 Å². The van der Waals surface area contributed by atoms with Gasteiger partial charge in [0.2, 0.25) is 0 Å². The number of methoxy groups -OCH3 is 1. The number of nitrogens with one attached hydrogen (secondary N) is 1. The van der Waals surface area contributed by atoms with Crippen LogP contribution in [0, 0.1) is 5.92 Å². The minimum Gasteiger partial charge on any atom is -0.392 e. The zero-order valence-corrected chi connectivity index (χ0v) is 22.7. The molecule has 0 spiro atoms. The Hall–Kier alpha value is -3.07. The topological polar surface area (TPSA) is 80.3 Å². The lowest BCUT2D eigenvalue weighted by Gasteiger charge is -2.43. The third-order valence-corrected chi connectivity index (χ3v) is 7.87. The minimum absolute atomic E-state index is 0.0126. The molecule has 2 saturated heterocycles. The lowest BCUT2D eigenvalue weighted by atomic mass is 9.90. The number of hydrogen-bond acceptors (Lipinski definition) is 6. The van der Waals surface area contributed by atoms with E-state index in [1.165, 1.54) is 0 Å². The van der Waals surface area contributed by atoms with Crippen LogP contribution in [0.4, 0.5) is 5.69 Å². The van der Waals surface area contributed by atoms with Gasteiger partial charge in [0.1, 0.15) is 0 Å². The number of benzene rings is 3. The first kappa shape index (κ1) is 27.5. The minimum atomic E-state index is -0.545. The summed E-state index contributed by atoms with van der Waals surface area (Å²) < 4.78 is 18.7. The van der Waals surface area contributed by atoms with Gasteiger partial charge in [-0.2, -0.15) is 0 Å². The summed E-state index contributed by atoms with van der Waals surface area (Å²) in [5.74, 6) is -0.0283. The van der Waals surface area contributed by atoms with Crippen molar-refractivity contribution in [3.63, 3.8) is 0 Å². The highest BCUT2D eigenvalue weighted by Gasteiger charge is 2.40. The molecule has 7 heteroatoms. The summed E-state index contributed by atoms with van der Waals surface area (Å²) >= 11 is 0. The van der Waals surface area contributed by atoms with Crippen LogP contribution < -0.4 is 5.32 Å². The van der Waals surface area contributed by atoms with Crippen LogP contribution in [0.1, 0.15) is 59.2 Å². The van der Waals surface area contributed by atoms with E-state index in [1.54, 1.807) is 19.2 Å². The molecule has 0 aromatic heterocycles. The smallest absolute Gasteiger partial charge is 0.255 e. The molecule has 206 valence electrons. The van der Waals surface area contributed by atoms with Gasteiger partial charge in [-0.25, -0.2) is 0 Å². The Kier molecular flexibility index (Phi) is 9.06. The molecule has 3 aromatic carbocycles. The van der Waals surface area contributed by atoms with Crippen LogP contribution in [0.2, 0.25) is 0 Å². The number of rotatable bonds is 9. The largest absolute Gasteiger partial charge is 0.392 e. The van der Waals surface area contributed by atoms with E-state index < -0.39 is 6.29 Å². The van der Waals surface area contributed by atoms with Crippen molar-refractivity contribution in [1.29, 1.82) is 0 Å². The number of carbonyl (C=O) groups excluding carboxylic acids is 1. The second kappa shape index (κ2) is 12.9. The SMILES string of the molecule is COC[C@@H]1CCCN1C[C@H]1O[C@@H](c2ccc(NC(=O)c3ccccc3)cc2)O[C@@H](c2ccc(CO)cc2)[C@H]1C. The maximum atomic E-state index is 12.6. The van der Waals surface area contributed by atoms with E-state index in [1.807, 2.05) is 66.7 Å². The van der Waals surface area contributed by atoms with E-state index in [4.69, 9.17) is 14.2 Å². The van der Waals surface area contributed by atoms with E-state index in [9.17, 15) is 9.90 Å². The number of aliphatic hydroxyl groups excluding tert-OH is 1. The second-order valence-electron chi connectivity index (χ2n) is 10.5. The Labute approximate surface area is 230 Å². The van der Waals surface area contributed by atoms with Crippen molar-refractivity contribution in [2.24, 2.45) is 5.92 Å². The molecule has 7 nitrogen and oxygen atoms in total. The van der Waals surface area contributed by atoms with Crippen molar-refractivity contribution in [1.82, 2.24) is 4.90 Å². The zero-order chi connectivity index (χ0) is 27.2. The molecule has 0 saturated carbocycles. The Morgan fingerprint density at radius 1 is 1.00 bits per heavy atom. The first-order valence-corrected chi connectivity index (χ1v) is 13.8. The van der Waals surface area contributed by atoms with Gasteiger partial charge in [-0.3, -0.25) is 9.69 Å². The van der Waals surface area contributed by atoms with Gasteiger partial charge in [0, 0.05) is 42.4 Å². The average Bonchev–Trinajstić information content (AvgIpc) is 3.41. The molecule has 39 heavy (non-hydrogen) atoms. The van der Waals surface area contributed by atoms with E-state index in [2.05, 4.69) is 17.1 Å². The normalized spacial score (nSPS) is 25.5. The molecule has 2 heterocycles. The lowest BCUT2D eigenvalue weighted by Crippen LogP contribution is -2.46. The second-order valence-corrected chi connectivity index (χ2v) is 10.5. The fraction of sp³-hybridized carbons (Fsp3) is 0.406. The van der Waals surface area contributed by atoms with E-state index in [0.717, 1.165) is 49.2 Å². The van der Waals surface area contributed by atoms with Crippen molar-refractivity contribution in [2.75, 3.05) is 32.1 Å². The monoisotopic (exact) mass is 530 g/mol. The van der Waals surface area contributed by atoms with E-state index in [-0.39, 0.29) is 30.6 Å². The molecule has 2 aliphatic rings. The molecule has 5 atom stereocenters. The lowest BCUT2D eigenvalue weighted by molar-refractivity contribution is -0.276. The van der Waals surface area contributed by atoms with Gasteiger partial charge in [0.05, 0.1) is 25.4 Å². The Balaban J connectivity index is 1.35. The van der Waals surface area contributed by atoms with Crippen molar-refractivity contribution in [3.8, 4) is 0 Å². The number of ether oxygens (including phenoxy) is 3. The molecule has 3 aromatic rings. The average molecular weight is 531 g/mol. The Morgan fingerprint density at radius 3 is 2.41 bits per heavy atom. The standard InChI is InChI=1S/C32H38N2O5/c1-22-29(19-34-18-6-9-28(34)21-37-2)38-32(39-30(22)24-12-10-23(20-35)11-13-24)26-14-16-27(17-15-26)33-31(36)25-7-4-3-5-8-25/h3-5,7-8,10-17,22,28-30,32,35H,6,9,18-21H2,1-2H3,(H,33,36)/t22-,28-,29+,30+,32+/m0/s1. The van der Waals surface area contributed by atoms with Crippen LogP contribution in [-0.4, -0.2) is 54.9 Å². The molecule has 0 radical (unpaired) electrons. The van der Waals surface area contributed by atoms with Gasteiger partial charge >= 0.3 is 0 Å². The molecular formula is C32H38N2O5. The molecule has 0 aliphatic carbocycles. The predicted octanol–water partition coefficient (Wildman–Crippen LogP) is 5.33. The van der Waals surface area contributed by atoms with Crippen molar-refractivity contribution in [3.05, 3.63) is 101 Å². The molecule has 2 fully saturated rings. The molecule has 0 unspecified atom stereocenters. The third kappa shape index (κ3) is 6.57. The number of aliphatic hydroxyl groups is 1. The zero-order valence-electron chi connectivity index (χ0n) is 22.7. The molecule has 5 rings (SSSR count). The van der Waals surface area contributed by atoms with Crippen LogP contribution >= 0.6 is 0 Å². The van der Waals surface area contributed by atoms with Gasteiger partial charge in [0.15, 0.2) is 6.29 Å². The van der Waals surface area contributed by atoms with Gasteiger partial charge < -0.3 is 24.6 Å². The maximum Gasteiger partial charge on any atom is 0.255 e. The third-order valence-electron chi connectivity index (χ3n) is 7.87. The van der Waals surface area contributed by atoms with Gasteiger partial charge in [-0.1, -0.05) is 61.5 Å². The summed E-state index contributed by atoms with van der Waals surface area (Å²) in [6, 6.07) is 25.2. The van der Waals surface area contributed by atoms with Crippen LogP contribution in [0.15, 0.2) is 78.9 Å². The van der Waals surface area contributed by atoms with Crippen molar-refractivity contribution >= 4 is 11.6 Å². The highest BCUT2D eigenvalue weighted by Crippen LogP contribution is 2.42. The fourth-order valence-corrected chi connectivity index (χ4v) is 5.59. The number of anilines is 1. The molecule has 2 aliphatic heterocycles. The van der Waals surface area contributed by atoms with E-state index in [0.29, 0.717) is 17.3 Å². The van der Waals surface area contributed by atoms with Gasteiger partial charge in [-0.05, 0) is 54.8 Å². The van der Waals surface area contributed by atoms with Crippen LogP contribution in [0.5, 0.6) is 0 Å². The van der Waals surface area contributed by atoms with Gasteiger partial charge in [0.25, 0.3) is 5.91 Å². The first-order chi connectivity index (χ1) is 19.1. The van der Waals surface area contributed by atoms with Crippen LogP contribution in [0.3, 0.4) is 0 Å². The first-order valence-electron chi connectivity index (χ1n) is 13.8. The molecule has 2 N–H and O–H groups in total. The summed E-state index contributed by atoms with van der Waals surface area (Å²) in [7, 11) is 1.76. The number of nitrogens with zero attached hydrogens (tertiary/aromatic N) is 1. The number of amides is 1.